The molecule has 0 bridgehead atoms. The van der Waals surface area contributed by atoms with Crippen LogP contribution in [0.4, 0.5) is 0 Å². The Kier molecular flexibility index (Phi) is 7.36. The normalized spacial score (nSPS) is 29.0. The van der Waals surface area contributed by atoms with Gasteiger partial charge in [0.25, 0.3) is 0 Å². The smallest absolute Gasteiger partial charge is 0.108 e. The average molecular weight is 336 g/mol. The van der Waals surface area contributed by atoms with Gasteiger partial charge in [0.05, 0.1) is 12.9 Å². The standard InChI is InChI=1S/C21H37NO2/c1-5-17(19-11-10-18(24-4)15-16(19)2)9-12-20(23)22-21(3)13-7-6-8-14-21/h9-10,16,19-20,22-23H,5-8,11-15H2,1-4H3/b17-9+. The highest BCUT2D eigenvalue weighted by molar-refractivity contribution is 5.15. The number of ether oxygens (including phenoxy) is 1. The Balaban J connectivity index is 1.91. The van der Waals surface area contributed by atoms with Crippen LogP contribution < -0.4 is 5.32 Å². The molecule has 2 aliphatic rings. The second-order valence-electron chi connectivity index (χ2n) is 8.05. The molecule has 0 radical (unpaired) electrons. The molecule has 3 heteroatoms. The Hall–Kier alpha value is -0.800. The van der Waals surface area contributed by atoms with Gasteiger partial charge in [0.15, 0.2) is 0 Å². The summed E-state index contributed by atoms with van der Waals surface area (Å²) in [5, 5.41) is 14.0. The van der Waals surface area contributed by atoms with Gasteiger partial charge in [-0.2, -0.15) is 0 Å². The molecule has 0 aromatic rings. The van der Waals surface area contributed by atoms with Crippen molar-refractivity contribution in [1.29, 1.82) is 0 Å². The second kappa shape index (κ2) is 9.05. The van der Waals surface area contributed by atoms with Gasteiger partial charge >= 0.3 is 0 Å². The predicted octanol–water partition coefficient (Wildman–Crippen LogP) is 4.92. The predicted molar refractivity (Wildman–Crippen MR) is 101 cm³/mol. The van der Waals surface area contributed by atoms with Crippen LogP contribution in [-0.4, -0.2) is 24.0 Å². The number of rotatable bonds is 7. The van der Waals surface area contributed by atoms with Crippen LogP contribution in [0.15, 0.2) is 23.5 Å². The first-order valence-electron chi connectivity index (χ1n) is 9.85. The average Bonchev–Trinajstić information content (AvgIpc) is 2.56. The van der Waals surface area contributed by atoms with E-state index in [1.54, 1.807) is 7.11 Å². The summed E-state index contributed by atoms with van der Waals surface area (Å²) >= 11 is 0. The van der Waals surface area contributed by atoms with E-state index in [9.17, 15) is 5.11 Å². The van der Waals surface area contributed by atoms with Crippen molar-refractivity contribution in [1.82, 2.24) is 5.32 Å². The maximum absolute atomic E-state index is 10.5. The zero-order valence-electron chi connectivity index (χ0n) is 16.1. The van der Waals surface area contributed by atoms with Crippen LogP contribution in [0.5, 0.6) is 0 Å². The van der Waals surface area contributed by atoms with Gasteiger partial charge in [-0.1, -0.05) is 44.8 Å². The highest BCUT2D eigenvalue weighted by Crippen LogP contribution is 2.36. The molecule has 1 fully saturated rings. The van der Waals surface area contributed by atoms with E-state index in [2.05, 4.69) is 38.2 Å². The van der Waals surface area contributed by atoms with E-state index >= 15 is 0 Å². The molecular formula is C21H37NO2. The van der Waals surface area contributed by atoms with Crippen molar-refractivity contribution < 1.29 is 9.84 Å². The molecule has 0 saturated heterocycles. The van der Waals surface area contributed by atoms with Crippen LogP contribution in [0.1, 0.15) is 78.6 Å². The topological polar surface area (TPSA) is 41.5 Å². The van der Waals surface area contributed by atoms with Crippen LogP contribution in [0, 0.1) is 11.8 Å². The summed E-state index contributed by atoms with van der Waals surface area (Å²) in [7, 11) is 1.77. The van der Waals surface area contributed by atoms with Gasteiger partial charge in [0, 0.05) is 18.4 Å². The van der Waals surface area contributed by atoms with Gasteiger partial charge in [0.2, 0.25) is 0 Å². The fourth-order valence-corrected chi connectivity index (χ4v) is 4.48. The lowest BCUT2D eigenvalue weighted by Crippen LogP contribution is -2.49. The number of hydrogen-bond donors (Lipinski definition) is 2. The SMILES string of the molecule is CC/C(=C\CC(O)NC1(C)CCCCC1)C1CC=C(OC)CC1C. The highest BCUT2D eigenvalue weighted by atomic mass is 16.5. The van der Waals surface area contributed by atoms with Crippen molar-refractivity contribution in [2.75, 3.05) is 7.11 Å². The lowest BCUT2D eigenvalue weighted by Gasteiger charge is -2.36. The molecule has 0 amide bonds. The first-order chi connectivity index (χ1) is 11.5. The number of hydrogen-bond acceptors (Lipinski definition) is 3. The molecule has 3 unspecified atom stereocenters. The third-order valence-corrected chi connectivity index (χ3v) is 6.03. The molecule has 1 saturated carbocycles. The van der Waals surface area contributed by atoms with E-state index in [1.165, 1.54) is 37.7 Å². The Morgan fingerprint density at radius 1 is 1.42 bits per heavy atom. The first-order valence-corrected chi connectivity index (χ1v) is 9.85. The molecule has 138 valence electrons. The minimum absolute atomic E-state index is 0.117. The molecule has 2 aliphatic carbocycles. The highest BCUT2D eigenvalue weighted by Gasteiger charge is 2.29. The van der Waals surface area contributed by atoms with Crippen LogP contribution in [0.3, 0.4) is 0 Å². The van der Waals surface area contributed by atoms with Crippen molar-refractivity contribution in [3.05, 3.63) is 23.5 Å². The third kappa shape index (κ3) is 5.35. The van der Waals surface area contributed by atoms with E-state index in [1.807, 2.05) is 0 Å². The Labute approximate surface area is 148 Å². The summed E-state index contributed by atoms with van der Waals surface area (Å²) in [4.78, 5) is 0. The summed E-state index contributed by atoms with van der Waals surface area (Å²) < 4.78 is 5.41. The van der Waals surface area contributed by atoms with Gasteiger partial charge in [-0.3, -0.25) is 5.32 Å². The summed E-state index contributed by atoms with van der Waals surface area (Å²) in [5.74, 6) is 2.32. The van der Waals surface area contributed by atoms with Gasteiger partial charge in [-0.05, 0) is 50.5 Å². The summed E-state index contributed by atoms with van der Waals surface area (Å²) in [6.07, 6.45) is 14.2. The quantitative estimate of drug-likeness (QED) is 0.512. The zero-order chi connectivity index (χ0) is 17.6. The Morgan fingerprint density at radius 2 is 2.12 bits per heavy atom. The number of aliphatic hydroxyl groups excluding tert-OH is 1. The van der Waals surface area contributed by atoms with Gasteiger partial charge < -0.3 is 9.84 Å². The number of methoxy groups -OCH3 is 1. The zero-order valence-corrected chi connectivity index (χ0v) is 16.1. The van der Waals surface area contributed by atoms with Crippen molar-refractivity contribution in [2.45, 2.75) is 90.3 Å². The minimum atomic E-state index is -0.432. The van der Waals surface area contributed by atoms with E-state index in [0.29, 0.717) is 18.3 Å². The number of nitrogens with one attached hydrogen (secondary N) is 1. The maximum atomic E-state index is 10.5. The molecule has 3 atom stereocenters. The fraction of sp³-hybridized carbons (Fsp3) is 0.810. The molecule has 0 aromatic carbocycles. The first kappa shape index (κ1) is 19.5. The summed E-state index contributed by atoms with van der Waals surface area (Å²) in [5.41, 5.74) is 1.61. The number of allylic oxidation sites excluding steroid dienone is 3. The van der Waals surface area contributed by atoms with E-state index < -0.39 is 6.23 Å². The lowest BCUT2D eigenvalue weighted by atomic mass is 9.77. The minimum Gasteiger partial charge on any atom is -0.501 e. The Bertz CT molecular complexity index is 449. The lowest BCUT2D eigenvalue weighted by molar-refractivity contribution is 0.0818. The maximum Gasteiger partial charge on any atom is 0.108 e. The molecule has 2 N–H and O–H groups in total. The van der Waals surface area contributed by atoms with E-state index in [-0.39, 0.29) is 5.54 Å². The van der Waals surface area contributed by atoms with Crippen LogP contribution in [0.2, 0.25) is 0 Å². The number of aliphatic hydroxyl groups is 1. The molecule has 24 heavy (non-hydrogen) atoms. The van der Waals surface area contributed by atoms with E-state index in [0.717, 1.165) is 25.0 Å². The fourth-order valence-electron chi connectivity index (χ4n) is 4.48. The van der Waals surface area contributed by atoms with Gasteiger partial charge in [0.1, 0.15) is 6.23 Å². The van der Waals surface area contributed by atoms with Crippen LogP contribution in [-0.2, 0) is 4.74 Å². The molecule has 3 nitrogen and oxygen atoms in total. The van der Waals surface area contributed by atoms with Crippen LogP contribution >= 0.6 is 0 Å². The molecular weight excluding hydrogens is 298 g/mol. The van der Waals surface area contributed by atoms with Gasteiger partial charge in [-0.15, -0.1) is 0 Å². The van der Waals surface area contributed by atoms with Crippen molar-refractivity contribution in [3.8, 4) is 0 Å². The van der Waals surface area contributed by atoms with Crippen LogP contribution in [0.25, 0.3) is 0 Å². The third-order valence-electron chi connectivity index (χ3n) is 6.03. The monoisotopic (exact) mass is 335 g/mol. The van der Waals surface area contributed by atoms with Gasteiger partial charge in [-0.25, -0.2) is 0 Å². The largest absolute Gasteiger partial charge is 0.501 e. The molecule has 0 aliphatic heterocycles. The second-order valence-corrected chi connectivity index (χ2v) is 8.05. The van der Waals surface area contributed by atoms with Crippen molar-refractivity contribution in [2.24, 2.45) is 11.8 Å². The summed E-state index contributed by atoms with van der Waals surface area (Å²) in [6, 6.07) is 0. The molecule has 2 rings (SSSR count). The van der Waals surface area contributed by atoms with Crippen molar-refractivity contribution in [3.63, 3.8) is 0 Å². The molecule has 0 aromatic heterocycles. The molecule has 0 heterocycles. The Morgan fingerprint density at radius 3 is 2.71 bits per heavy atom. The van der Waals surface area contributed by atoms with E-state index in [4.69, 9.17) is 4.74 Å². The molecule has 0 spiro atoms. The van der Waals surface area contributed by atoms with Crippen molar-refractivity contribution >= 4 is 0 Å². The summed E-state index contributed by atoms with van der Waals surface area (Å²) in [6.45, 7) is 6.81.